The highest BCUT2D eigenvalue weighted by Gasteiger charge is 2.36. The van der Waals surface area contributed by atoms with Gasteiger partial charge >= 0.3 is 0 Å². The van der Waals surface area contributed by atoms with Gasteiger partial charge in [-0.2, -0.15) is 0 Å². The summed E-state index contributed by atoms with van der Waals surface area (Å²) in [6, 6.07) is 30.7. The van der Waals surface area contributed by atoms with Crippen molar-refractivity contribution in [3.05, 3.63) is 120 Å². The Morgan fingerprint density at radius 1 is 0.708 bits per heavy atom. The van der Waals surface area contributed by atoms with Crippen molar-refractivity contribution in [3.63, 3.8) is 0 Å². The van der Waals surface area contributed by atoms with Crippen molar-refractivity contribution in [3.8, 4) is 0 Å². The van der Waals surface area contributed by atoms with E-state index in [2.05, 4.69) is 43.0 Å². The molecule has 3 aromatic rings. The van der Waals surface area contributed by atoms with Crippen molar-refractivity contribution in [2.24, 2.45) is 10.7 Å². The van der Waals surface area contributed by atoms with E-state index < -0.39 is 5.54 Å². The number of benzene rings is 3. The fourth-order valence-corrected chi connectivity index (χ4v) is 2.97. The molecular weight excluding hydrogens is 292 g/mol. The van der Waals surface area contributed by atoms with Gasteiger partial charge in [-0.15, -0.1) is 0 Å². The summed E-state index contributed by atoms with van der Waals surface area (Å²) in [5.41, 5.74) is 8.58. The van der Waals surface area contributed by atoms with Crippen LogP contribution in [-0.2, 0) is 5.54 Å². The van der Waals surface area contributed by atoms with Gasteiger partial charge in [-0.05, 0) is 22.8 Å². The maximum atomic E-state index is 6.10. The number of hydrogen-bond acceptors (Lipinski definition) is 1. The van der Waals surface area contributed by atoms with Crippen molar-refractivity contribution in [1.82, 2.24) is 0 Å². The van der Waals surface area contributed by atoms with Crippen LogP contribution in [0.5, 0.6) is 0 Å². The molecule has 0 radical (unpaired) electrons. The van der Waals surface area contributed by atoms with Gasteiger partial charge in [0.25, 0.3) is 0 Å². The molecule has 0 heterocycles. The molecule has 3 aromatic carbocycles. The van der Waals surface area contributed by atoms with Crippen LogP contribution in [0.1, 0.15) is 16.7 Å². The summed E-state index contributed by atoms with van der Waals surface area (Å²) >= 11 is 0. The molecule has 0 aliphatic carbocycles. The predicted molar refractivity (Wildman–Crippen MR) is 101 cm³/mol. The van der Waals surface area contributed by atoms with Crippen LogP contribution in [0.3, 0.4) is 0 Å². The van der Waals surface area contributed by atoms with Crippen LogP contribution in [-0.4, -0.2) is 5.84 Å². The zero-order valence-corrected chi connectivity index (χ0v) is 13.5. The van der Waals surface area contributed by atoms with Crippen molar-refractivity contribution in [2.45, 2.75) is 5.54 Å². The van der Waals surface area contributed by atoms with Crippen LogP contribution < -0.4 is 5.73 Å². The van der Waals surface area contributed by atoms with E-state index in [4.69, 9.17) is 10.7 Å². The highest BCUT2D eigenvalue weighted by Crippen LogP contribution is 2.40. The lowest BCUT2D eigenvalue weighted by Crippen LogP contribution is -2.30. The van der Waals surface area contributed by atoms with Crippen molar-refractivity contribution < 1.29 is 0 Å². The lowest BCUT2D eigenvalue weighted by molar-refractivity contribution is 0.656. The standard InChI is InChI=1S/C22H20N2/c1-2-21(23)24-22(18-12-6-3-7-13-18,19-14-8-4-9-15-19)20-16-10-5-11-17-20/h2-17H,1H2,(H2,23,24). The van der Waals surface area contributed by atoms with E-state index in [9.17, 15) is 0 Å². The van der Waals surface area contributed by atoms with Crippen LogP contribution in [0.4, 0.5) is 0 Å². The maximum Gasteiger partial charge on any atom is 0.138 e. The quantitative estimate of drug-likeness (QED) is 0.420. The second kappa shape index (κ2) is 6.97. The van der Waals surface area contributed by atoms with E-state index in [0.717, 1.165) is 16.7 Å². The van der Waals surface area contributed by atoms with Gasteiger partial charge in [0.2, 0.25) is 0 Å². The molecule has 24 heavy (non-hydrogen) atoms. The molecule has 0 saturated carbocycles. The molecule has 0 aromatic heterocycles. The van der Waals surface area contributed by atoms with Gasteiger partial charge in [-0.3, -0.25) is 0 Å². The van der Waals surface area contributed by atoms with E-state index in [0.29, 0.717) is 5.84 Å². The average Bonchev–Trinajstić information content (AvgIpc) is 2.68. The zero-order valence-electron chi connectivity index (χ0n) is 13.5. The molecule has 0 saturated heterocycles. The monoisotopic (exact) mass is 312 g/mol. The van der Waals surface area contributed by atoms with Gasteiger partial charge in [0.15, 0.2) is 0 Å². The van der Waals surface area contributed by atoms with Crippen LogP contribution >= 0.6 is 0 Å². The number of amidine groups is 1. The third-order valence-corrected chi connectivity index (χ3v) is 4.08. The Bertz CT molecular complexity index is 725. The zero-order chi connectivity index (χ0) is 16.8. The van der Waals surface area contributed by atoms with E-state index in [1.54, 1.807) is 6.08 Å². The van der Waals surface area contributed by atoms with Crippen LogP contribution in [0.25, 0.3) is 0 Å². The van der Waals surface area contributed by atoms with E-state index in [1.807, 2.05) is 54.6 Å². The third kappa shape index (κ3) is 2.86. The Balaban J connectivity index is 2.39. The minimum absolute atomic E-state index is 0.409. The smallest absolute Gasteiger partial charge is 0.138 e. The largest absolute Gasteiger partial charge is 0.384 e. The molecule has 0 fully saturated rings. The molecule has 0 bridgehead atoms. The van der Waals surface area contributed by atoms with Gasteiger partial charge in [-0.1, -0.05) is 97.6 Å². The molecule has 0 spiro atoms. The second-order valence-electron chi connectivity index (χ2n) is 5.55. The Morgan fingerprint density at radius 3 is 1.33 bits per heavy atom. The van der Waals surface area contributed by atoms with Crippen LogP contribution in [0, 0.1) is 0 Å². The first-order valence-corrected chi connectivity index (χ1v) is 7.91. The summed E-state index contributed by atoms with van der Waals surface area (Å²) in [4.78, 5) is 4.91. The Morgan fingerprint density at radius 2 is 1.04 bits per heavy atom. The molecule has 118 valence electrons. The highest BCUT2D eigenvalue weighted by atomic mass is 14.9. The Labute approximate surface area is 143 Å². The summed E-state index contributed by atoms with van der Waals surface area (Å²) in [6.07, 6.45) is 1.59. The van der Waals surface area contributed by atoms with E-state index >= 15 is 0 Å². The molecule has 0 amide bonds. The van der Waals surface area contributed by atoms with Gasteiger partial charge < -0.3 is 5.73 Å². The van der Waals surface area contributed by atoms with Gasteiger partial charge in [-0.25, -0.2) is 4.99 Å². The summed E-state index contributed by atoms with van der Waals surface area (Å²) in [5, 5.41) is 0. The summed E-state index contributed by atoms with van der Waals surface area (Å²) in [6.45, 7) is 3.77. The highest BCUT2D eigenvalue weighted by molar-refractivity contribution is 5.91. The molecule has 0 atom stereocenters. The molecule has 2 nitrogen and oxygen atoms in total. The molecule has 0 unspecified atom stereocenters. The first kappa shape index (κ1) is 15.8. The lowest BCUT2D eigenvalue weighted by Gasteiger charge is -2.32. The van der Waals surface area contributed by atoms with Gasteiger partial charge in [0, 0.05) is 0 Å². The first-order chi connectivity index (χ1) is 11.8. The molecule has 2 N–H and O–H groups in total. The van der Waals surface area contributed by atoms with Gasteiger partial charge in [0.1, 0.15) is 11.4 Å². The number of nitrogens with two attached hydrogens (primary N) is 1. The SMILES string of the molecule is C=CC(N)=NC(c1ccccc1)(c1ccccc1)c1ccccc1. The predicted octanol–water partition coefficient (Wildman–Crippen LogP) is 4.52. The van der Waals surface area contributed by atoms with Crippen molar-refractivity contribution in [1.29, 1.82) is 0 Å². The summed E-state index contributed by atoms with van der Waals surface area (Å²) in [7, 11) is 0. The molecular formula is C22H20N2. The molecule has 0 aliphatic heterocycles. The minimum Gasteiger partial charge on any atom is -0.384 e. The molecule has 0 aliphatic rings. The number of nitrogens with zero attached hydrogens (tertiary/aromatic N) is 1. The van der Waals surface area contributed by atoms with Gasteiger partial charge in [0.05, 0.1) is 0 Å². The topological polar surface area (TPSA) is 38.4 Å². The average molecular weight is 312 g/mol. The first-order valence-electron chi connectivity index (χ1n) is 7.91. The summed E-state index contributed by atoms with van der Waals surface area (Å²) < 4.78 is 0. The second-order valence-corrected chi connectivity index (χ2v) is 5.55. The Kier molecular flexibility index (Phi) is 4.57. The number of rotatable bonds is 5. The maximum absolute atomic E-state index is 6.10. The number of hydrogen-bond donors (Lipinski definition) is 1. The minimum atomic E-state index is -0.706. The molecule has 2 heteroatoms. The normalized spacial score (nSPS) is 11.9. The molecule has 3 rings (SSSR count). The van der Waals surface area contributed by atoms with Crippen molar-refractivity contribution >= 4 is 5.84 Å². The van der Waals surface area contributed by atoms with Crippen molar-refractivity contribution in [2.75, 3.05) is 0 Å². The lowest BCUT2D eigenvalue weighted by atomic mass is 9.77. The third-order valence-electron chi connectivity index (χ3n) is 4.08. The number of aliphatic imine (C=N–C) groups is 1. The van der Waals surface area contributed by atoms with E-state index in [-0.39, 0.29) is 0 Å². The van der Waals surface area contributed by atoms with Crippen LogP contribution in [0.15, 0.2) is 109 Å². The van der Waals surface area contributed by atoms with Crippen LogP contribution in [0.2, 0.25) is 0 Å². The van der Waals surface area contributed by atoms with E-state index in [1.165, 1.54) is 0 Å². The summed E-state index contributed by atoms with van der Waals surface area (Å²) in [5.74, 6) is 0.409. The Hall–Kier alpha value is -3.13. The fourth-order valence-electron chi connectivity index (χ4n) is 2.97. The fraction of sp³-hybridized carbons (Fsp3) is 0.0455.